The van der Waals surface area contributed by atoms with Crippen LogP contribution in [0.1, 0.15) is 125 Å². The summed E-state index contributed by atoms with van der Waals surface area (Å²) in [7, 11) is 3.07. The lowest BCUT2D eigenvalue weighted by atomic mass is 9.85. The van der Waals surface area contributed by atoms with E-state index in [9.17, 15) is 27.2 Å². The standard InChI is InChI=1S/C20H23F2N3O.C18H19F2N3O/c1-10(2)16-12-7-8-13(16)17-11(12)5-4-6-15(17)23-20(26)14-9-25(3)24-18(14)19(21)22;1-23-9-14(16(22-23)17(19)20)18(24)21-15-5-3-2-4-11(15)13-8-12(13)10-6-7-10/h4-6,9-10,12-13,16,19H,7-8H2,1-3H3,(H,23,26);2-5,9-10,12-13,17H,6-8H2,1H3,(H,21,24)/t12?,13?,16-;/m1./s1. The van der Waals surface area contributed by atoms with Crippen molar-refractivity contribution in [3.63, 3.8) is 0 Å². The molecule has 3 fully saturated rings. The summed E-state index contributed by atoms with van der Waals surface area (Å²) in [5.41, 5.74) is 4.03. The Bertz CT molecular complexity index is 1910. The normalized spacial score (nSPS) is 23.2. The maximum absolute atomic E-state index is 13.2. The number of amides is 2. The number of halogens is 4. The number of alkyl halides is 4. The lowest BCUT2D eigenvalue weighted by Crippen LogP contribution is -2.16. The molecule has 0 spiro atoms. The molecule has 2 bridgehead atoms. The largest absolute Gasteiger partial charge is 0.322 e. The van der Waals surface area contributed by atoms with Gasteiger partial charge < -0.3 is 10.6 Å². The number of anilines is 2. The van der Waals surface area contributed by atoms with Crippen LogP contribution in [0.2, 0.25) is 0 Å². The average Bonchev–Trinajstić information content (AvgIpc) is 3.90. The monoisotopic (exact) mass is 690 g/mol. The Labute approximate surface area is 288 Å². The second-order valence-electron chi connectivity index (χ2n) is 14.6. The molecule has 8 nitrogen and oxygen atoms in total. The number of hydrogen-bond donors (Lipinski definition) is 2. The van der Waals surface area contributed by atoms with Crippen molar-refractivity contribution in [3.05, 3.63) is 94.1 Å². The van der Waals surface area contributed by atoms with Crippen molar-refractivity contribution in [2.24, 2.45) is 37.8 Å². The van der Waals surface area contributed by atoms with E-state index in [0.29, 0.717) is 29.6 Å². The number of benzene rings is 2. The number of para-hydroxylation sites is 1. The topological polar surface area (TPSA) is 93.8 Å². The van der Waals surface area contributed by atoms with Crippen LogP contribution in [0.15, 0.2) is 54.9 Å². The van der Waals surface area contributed by atoms with Gasteiger partial charge in [0.05, 0.1) is 11.1 Å². The van der Waals surface area contributed by atoms with Gasteiger partial charge in [0.1, 0.15) is 11.4 Å². The summed E-state index contributed by atoms with van der Waals surface area (Å²) in [6, 6.07) is 13.7. The first kappa shape index (κ1) is 34.0. The Morgan fingerprint density at radius 3 is 1.84 bits per heavy atom. The highest BCUT2D eigenvalue weighted by atomic mass is 19.3. The van der Waals surface area contributed by atoms with Crippen LogP contribution in [0.4, 0.5) is 28.9 Å². The van der Waals surface area contributed by atoms with Gasteiger partial charge in [-0.2, -0.15) is 10.2 Å². The number of fused-ring (bicyclic) bond motifs is 5. The van der Waals surface area contributed by atoms with E-state index in [1.807, 2.05) is 36.4 Å². The van der Waals surface area contributed by atoms with Crippen molar-refractivity contribution in [1.29, 1.82) is 0 Å². The zero-order valence-corrected chi connectivity index (χ0v) is 28.5. The lowest BCUT2D eigenvalue weighted by Gasteiger charge is -2.21. The molecule has 50 heavy (non-hydrogen) atoms. The molecule has 0 aliphatic heterocycles. The van der Waals surface area contributed by atoms with Crippen molar-refractivity contribution in [2.45, 2.75) is 76.6 Å². The zero-order chi connectivity index (χ0) is 35.4. The van der Waals surface area contributed by atoms with Gasteiger partial charge in [0.25, 0.3) is 24.7 Å². The van der Waals surface area contributed by atoms with E-state index in [1.54, 1.807) is 0 Å². The highest BCUT2D eigenvalue weighted by Crippen LogP contribution is 2.62. The SMILES string of the molecule is CC(C)[C@@H]1C2CCC1c1c(NC(=O)c3cn(C)nc3C(F)F)cccc12.Cn1cc(C(=O)Nc2ccccc2C2CC2C2CC2)c(C(F)F)n1. The highest BCUT2D eigenvalue weighted by molar-refractivity contribution is 6.06. The second-order valence-corrected chi connectivity index (χ2v) is 14.6. The molecule has 8 rings (SSSR count). The number of carbonyl (C=O) groups is 2. The molecule has 2 amide bonds. The molecule has 0 saturated heterocycles. The Kier molecular flexibility index (Phi) is 9.07. The molecule has 4 unspecified atom stereocenters. The molecule has 3 saturated carbocycles. The second kappa shape index (κ2) is 13.3. The highest BCUT2D eigenvalue weighted by Gasteiger charge is 2.49. The predicted octanol–water partition coefficient (Wildman–Crippen LogP) is 8.98. The molecule has 4 aliphatic carbocycles. The number of nitrogens with one attached hydrogen (secondary N) is 2. The Hall–Kier alpha value is -4.48. The van der Waals surface area contributed by atoms with Crippen molar-refractivity contribution < 1.29 is 27.2 Å². The first-order chi connectivity index (χ1) is 23.9. The number of hydrogen-bond acceptors (Lipinski definition) is 4. The van der Waals surface area contributed by atoms with E-state index in [-0.39, 0.29) is 11.1 Å². The van der Waals surface area contributed by atoms with E-state index in [2.05, 4.69) is 40.7 Å². The van der Waals surface area contributed by atoms with Crippen LogP contribution in [0.5, 0.6) is 0 Å². The summed E-state index contributed by atoms with van der Waals surface area (Å²) >= 11 is 0. The number of nitrogens with zero attached hydrogens (tertiary/aromatic N) is 4. The molecular weight excluding hydrogens is 648 g/mol. The molecule has 2 aromatic carbocycles. The van der Waals surface area contributed by atoms with E-state index in [0.717, 1.165) is 41.6 Å². The first-order valence-corrected chi connectivity index (χ1v) is 17.4. The van der Waals surface area contributed by atoms with Crippen LogP contribution < -0.4 is 10.6 Å². The summed E-state index contributed by atoms with van der Waals surface area (Å²) in [4.78, 5) is 25.2. The molecule has 4 aromatic rings. The third-order valence-corrected chi connectivity index (χ3v) is 10.9. The average molecular weight is 691 g/mol. The molecule has 2 aromatic heterocycles. The number of aromatic nitrogens is 4. The van der Waals surface area contributed by atoms with E-state index in [4.69, 9.17) is 0 Å². The summed E-state index contributed by atoms with van der Waals surface area (Å²) in [5.74, 6) is 3.14. The van der Waals surface area contributed by atoms with Gasteiger partial charge >= 0.3 is 0 Å². The quantitative estimate of drug-likeness (QED) is 0.172. The van der Waals surface area contributed by atoms with Crippen LogP contribution in [0.3, 0.4) is 0 Å². The van der Waals surface area contributed by atoms with Gasteiger partial charge in [-0.15, -0.1) is 0 Å². The molecule has 5 atom stereocenters. The fourth-order valence-electron chi connectivity index (χ4n) is 8.70. The van der Waals surface area contributed by atoms with Gasteiger partial charge in [-0.05, 0) is 102 Å². The molecule has 0 radical (unpaired) electrons. The maximum atomic E-state index is 13.2. The van der Waals surface area contributed by atoms with Crippen molar-refractivity contribution in [2.75, 3.05) is 10.6 Å². The number of aryl methyl sites for hydroxylation is 2. The Morgan fingerprint density at radius 2 is 1.26 bits per heavy atom. The third kappa shape index (κ3) is 6.44. The lowest BCUT2D eigenvalue weighted by molar-refractivity contribution is 0.100. The minimum atomic E-state index is -2.78. The van der Waals surface area contributed by atoms with Crippen LogP contribution in [-0.2, 0) is 14.1 Å². The minimum absolute atomic E-state index is 0.0660. The third-order valence-electron chi connectivity index (χ3n) is 10.9. The zero-order valence-electron chi connectivity index (χ0n) is 28.5. The van der Waals surface area contributed by atoms with Crippen molar-refractivity contribution in [3.8, 4) is 0 Å². The van der Waals surface area contributed by atoms with E-state index in [1.165, 1.54) is 66.2 Å². The van der Waals surface area contributed by atoms with Crippen LogP contribution in [0, 0.1) is 23.7 Å². The molecule has 2 heterocycles. The van der Waals surface area contributed by atoms with Crippen LogP contribution in [0.25, 0.3) is 0 Å². The van der Waals surface area contributed by atoms with E-state index >= 15 is 0 Å². The van der Waals surface area contributed by atoms with Crippen molar-refractivity contribution >= 4 is 23.2 Å². The van der Waals surface area contributed by atoms with Gasteiger partial charge in [0.15, 0.2) is 0 Å². The summed E-state index contributed by atoms with van der Waals surface area (Å²) in [6.45, 7) is 4.51. The van der Waals surface area contributed by atoms with Gasteiger partial charge in [-0.25, -0.2) is 17.6 Å². The minimum Gasteiger partial charge on any atom is -0.322 e. The van der Waals surface area contributed by atoms with Gasteiger partial charge in [0, 0.05) is 37.9 Å². The molecular formula is C38H42F4N6O2. The summed E-state index contributed by atoms with van der Waals surface area (Å²) in [5, 5.41) is 13.1. The fraction of sp³-hybridized carbons (Fsp3) is 0.474. The van der Waals surface area contributed by atoms with Gasteiger partial charge in [0.2, 0.25) is 0 Å². The first-order valence-electron chi connectivity index (χ1n) is 17.4. The Morgan fingerprint density at radius 1 is 0.720 bits per heavy atom. The van der Waals surface area contributed by atoms with Crippen LogP contribution in [-0.4, -0.2) is 31.4 Å². The molecule has 4 aliphatic rings. The number of carbonyl (C=O) groups excluding carboxylic acids is 2. The summed E-state index contributed by atoms with van der Waals surface area (Å²) < 4.78 is 54.9. The maximum Gasteiger partial charge on any atom is 0.282 e. The Balaban J connectivity index is 0.000000157. The van der Waals surface area contributed by atoms with Gasteiger partial charge in [-0.3, -0.25) is 19.0 Å². The number of rotatable bonds is 9. The molecule has 264 valence electrons. The van der Waals surface area contributed by atoms with E-state index < -0.39 is 36.1 Å². The van der Waals surface area contributed by atoms with Crippen LogP contribution >= 0.6 is 0 Å². The smallest absolute Gasteiger partial charge is 0.282 e. The van der Waals surface area contributed by atoms with Crippen molar-refractivity contribution in [1.82, 2.24) is 19.6 Å². The molecule has 2 N–H and O–H groups in total. The fourth-order valence-corrected chi connectivity index (χ4v) is 8.70. The van der Waals surface area contributed by atoms with Gasteiger partial charge in [-0.1, -0.05) is 44.2 Å². The predicted molar refractivity (Wildman–Crippen MR) is 182 cm³/mol. The summed E-state index contributed by atoms with van der Waals surface area (Å²) in [6.07, 6.45) is 3.23. The molecule has 12 heteroatoms.